The van der Waals surface area contributed by atoms with Crippen LogP contribution in [0.5, 0.6) is 0 Å². The highest BCUT2D eigenvalue weighted by Crippen LogP contribution is 2.30. The van der Waals surface area contributed by atoms with E-state index in [1.807, 2.05) is 32.0 Å². The van der Waals surface area contributed by atoms with Crippen LogP contribution in [0.2, 0.25) is 0 Å². The van der Waals surface area contributed by atoms with Crippen molar-refractivity contribution in [2.45, 2.75) is 39.7 Å². The van der Waals surface area contributed by atoms with E-state index < -0.39 is 0 Å². The van der Waals surface area contributed by atoms with Crippen LogP contribution >= 0.6 is 0 Å². The summed E-state index contributed by atoms with van der Waals surface area (Å²) >= 11 is 0. The van der Waals surface area contributed by atoms with Crippen LogP contribution in [0.25, 0.3) is 0 Å². The number of nitrogens with one attached hydrogen (secondary N) is 1. The average molecular weight is 290 g/mol. The lowest BCUT2D eigenvalue weighted by molar-refractivity contribution is -0.118. The minimum atomic E-state index is -0.0583. The number of carbonyl (C=O) groups excluding carboxylic acids is 2. The molecule has 0 aliphatic carbocycles. The third-order valence-electron chi connectivity index (χ3n) is 3.42. The maximum Gasteiger partial charge on any atom is 0.226 e. The van der Waals surface area contributed by atoms with E-state index in [1.54, 1.807) is 11.8 Å². The Hall–Kier alpha value is -1.88. The van der Waals surface area contributed by atoms with Crippen LogP contribution in [0.4, 0.5) is 11.4 Å². The van der Waals surface area contributed by atoms with Crippen LogP contribution in [-0.4, -0.2) is 31.1 Å². The molecule has 1 N–H and O–H groups in total. The number of hydrogen-bond donors (Lipinski definition) is 1. The van der Waals surface area contributed by atoms with E-state index >= 15 is 0 Å². The van der Waals surface area contributed by atoms with E-state index in [9.17, 15) is 9.59 Å². The molecule has 21 heavy (non-hydrogen) atoms. The van der Waals surface area contributed by atoms with Crippen LogP contribution in [0.1, 0.15) is 32.8 Å². The topological polar surface area (TPSA) is 58.6 Å². The molecular formula is C16H22N2O3. The van der Waals surface area contributed by atoms with Crippen molar-refractivity contribution in [3.63, 3.8) is 0 Å². The summed E-state index contributed by atoms with van der Waals surface area (Å²) in [5, 5.41) is 2.87. The van der Waals surface area contributed by atoms with Gasteiger partial charge in [-0.3, -0.25) is 9.59 Å². The van der Waals surface area contributed by atoms with Crippen LogP contribution in [0, 0.1) is 0 Å². The number of nitrogens with zero attached hydrogens (tertiary/aromatic N) is 1. The number of hydrogen-bond acceptors (Lipinski definition) is 3. The molecule has 0 saturated carbocycles. The zero-order chi connectivity index (χ0) is 15.4. The third-order valence-corrected chi connectivity index (χ3v) is 3.42. The number of fused-ring (bicyclic) bond motifs is 1. The molecule has 2 rings (SSSR count). The highest BCUT2D eigenvalue weighted by atomic mass is 16.5. The van der Waals surface area contributed by atoms with Crippen LogP contribution in [0.3, 0.4) is 0 Å². The van der Waals surface area contributed by atoms with Gasteiger partial charge in [0.2, 0.25) is 11.8 Å². The van der Waals surface area contributed by atoms with Gasteiger partial charge in [-0.25, -0.2) is 0 Å². The first-order chi connectivity index (χ1) is 9.97. The molecule has 1 heterocycles. The second-order valence-electron chi connectivity index (χ2n) is 5.48. The highest BCUT2D eigenvalue weighted by molar-refractivity contribution is 5.95. The average Bonchev–Trinajstić information content (AvgIpc) is 2.81. The van der Waals surface area contributed by atoms with Crippen LogP contribution in [0.15, 0.2) is 18.2 Å². The van der Waals surface area contributed by atoms with E-state index in [0.717, 1.165) is 23.4 Å². The molecule has 1 aromatic rings. The lowest BCUT2D eigenvalue weighted by Crippen LogP contribution is -2.25. The molecule has 0 bridgehead atoms. The minimum Gasteiger partial charge on any atom is -0.378 e. The van der Waals surface area contributed by atoms with Gasteiger partial charge >= 0.3 is 0 Å². The fourth-order valence-corrected chi connectivity index (χ4v) is 2.42. The summed E-state index contributed by atoms with van der Waals surface area (Å²) in [5.74, 6) is -0.00612. The standard InChI is InChI=1S/C16H22N2O3/c1-11(2)21-9-7-16(20)17-14-4-5-15-13(10-14)6-8-18(15)12(3)19/h4-5,10-11H,6-9H2,1-3H3,(H,17,20). The molecular weight excluding hydrogens is 268 g/mol. The number of ether oxygens (including phenoxy) is 1. The first-order valence-electron chi connectivity index (χ1n) is 7.30. The number of carbonyl (C=O) groups is 2. The normalized spacial score (nSPS) is 13.4. The van der Waals surface area contributed by atoms with Gasteiger partial charge in [0.15, 0.2) is 0 Å². The summed E-state index contributed by atoms with van der Waals surface area (Å²) in [7, 11) is 0. The first-order valence-corrected chi connectivity index (χ1v) is 7.30. The number of benzene rings is 1. The van der Waals surface area contributed by atoms with Crippen LogP contribution in [-0.2, 0) is 20.7 Å². The summed E-state index contributed by atoms with van der Waals surface area (Å²) in [4.78, 5) is 25.1. The maximum absolute atomic E-state index is 11.8. The molecule has 5 heteroatoms. The van der Waals surface area contributed by atoms with Gasteiger partial charge in [-0.1, -0.05) is 0 Å². The van der Waals surface area contributed by atoms with Gasteiger partial charge in [0.1, 0.15) is 0 Å². The Morgan fingerprint density at radius 2 is 2.14 bits per heavy atom. The molecule has 0 saturated heterocycles. The second kappa shape index (κ2) is 6.72. The summed E-state index contributed by atoms with van der Waals surface area (Å²) in [6.45, 7) is 6.59. The zero-order valence-corrected chi connectivity index (χ0v) is 12.8. The molecule has 2 amide bonds. The van der Waals surface area contributed by atoms with Crippen LogP contribution < -0.4 is 10.2 Å². The molecule has 1 aromatic carbocycles. The molecule has 0 fully saturated rings. The fourth-order valence-electron chi connectivity index (χ4n) is 2.42. The Morgan fingerprint density at radius 1 is 1.38 bits per heavy atom. The summed E-state index contributed by atoms with van der Waals surface area (Å²) in [6.07, 6.45) is 1.31. The van der Waals surface area contributed by atoms with Gasteiger partial charge in [-0.05, 0) is 44.0 Å². The van der Waals surface area contributed by atoms with E-state index in [2.05, 4.69) is 5.32 Å². The van der Waals surface area contributed by atoms with Crippen molar-refractivity contribution >= 4 is 23.2 Å². The molecule has 0 spiro atoms. The molecule has 5 nitrogen and oxygen atoms in total. The number of rotatable bonds is 5. The molecule has 0 unspecified atom stereocenters. The third kappa shape index (κ3) is 4.04. The fraction of sp³-hybridized carbons (Fsp3) is 0.500. The van der Waals surface area contributed by atoms with Crippen molar-refractivity contribution in [2.24, 2.45) is 0 Å². The largest absolute Gasteiger partial charge is 0.378 e. The van der Waals surface area contributed by atoms with E-state index in [1.165, 1.54) is 0 Å². The summed E-state index contributed by atoms with van der Waals surface area (Å²) < 4.78 is 5.36. The maximum atomic E-state index is 11.8. The van der Waals surface area contributed by atoms with Gasteiger partial charge in [0.05, 0.1) is 19.1 Å². The quantitative estimate of drug-likeness (QED) is 0.905. The van der Waals surface area contributed by atoms with E-state index in [4.69, 9.17) is 4.74 Å². The predicted octanol–water partition coefficient (Wildman–Crippen LogP) is 2.35. The zero-order valence-electron chi connectivity index (χ0n) is 12.8. The molecule has 0 radical (unpaired) electrons. The number of anilines is 2. The second-order valence-corrected chi connectivity index (χ2v) is 5.48. The molecule has 114 valence electrons. The van der Waals surface area contributed by atoms with Crippen molar-refractivity contribution in [1.29, 1.82) is 0 Å². The summed E-state index contributed by atoms with van der Waals surface area (Å²) in [6, 6.07) is 5.67. The van der Waals surface area contributed by atoms with E-state index in [-0.39, 0.29) is 17.9 Å². The number of amides is 2. The summed E-state index contributed by atoms with van der Waals surface area (Å²) in [5.41, 5.74) is 2.82. The van der Waals surface area contributed by atoms with Crippen molar-refractivity contribution in [3.8, 4) is 0 Å². The van der Waals surface area contributed by atoms with Gasteiger partial charge in [0, 0.05) is 24.8 Å². The lowest BCUT2D eigenvalue weighted by atomic mass is 10.1. The van der Waals surface area contributed by atoms with Gasteiger partial charge in [-0.15, -0.1) is 0 Å². The molecule has 1 aliphatic rings. The van der Waals surface area contributed by atoms with Crippen molar-refractivity contribution in [2.75, 3.05) is 23.4 Å². The van der Waals surface area contributed by atoms with Gasteiger partial charge in [0.25, 0.3) is 0 Å². The SMILES string of the molecule is CC(=O)N1CCc2cc(NC(=O)CCOC(C)C)ccc21. The van der Waals surface area contributed by atoms with Crippen molar-refractivity contribution in [1.82, 2.24) is 0 Å². The predicted molar refractivity (Wildman–Crippen MR) is 82.5 cm³/mol. The first kappa shape index (κ1) is 15.5. The highest BCUT2D eigenvalue weighted by Gasteiger charge is 2.22. The Kier molecular flexibility index (Phi) is 4.96. The molecule has 1 aliphatic heterocycles. The Bertz CT molecular complexity index is 540. The lowest BCUT2D eigenvalue weighted by Gasteiger charge is -2.15. The van der Waals surface area contributed by atoms with E-state index in [0.29, 0.717) is 19.6 Å². The Balaban J connectivity index is 1.94. The monoisotopic (exact) mass is 290 g/mol. The Morgan fingerprint density at radius 3 is 2.81 bits per heavy atom. The molecule has 0 atom stereocenters. The van der Waals surface area contributed by atoms with Crippen molar-refractivity contribution < 1.29 is 14.3 Å². The van der Waals surface area contributed by atoms with Gasteiger partial charge < -0.3 is 15.0 Å². The Labute approximate surface area is 125 Å². The smallest absolute Gasteiger partial charge is 0.226 e. The van der Waals surface area contributed by atoms with Crippen molar-refractivity contribution in [3.05, 3.63) is 23.8 Å². The molecule has 0 aromatic heterocycles. The van der Waals surface area contributed by atoms with Gasteiger partial charge in [-0.2, -0.15) is 0 Å². The minimum absolute atomic E-state index is 0.0522.